The molecule has 1 aromatic rings. The van der Waals surface area contributed by atoms with E-state index in [0.717, 1.165) is 31.6 Å². The van der Waals surface area contributed by atoms with E-state index in [1.807, 2.05) is 37.3 Å². The molecule has 1 unspecified atom stereocenters. The third-order valence-corrected chi connectivity index (χ3v) is 3.18. The van der Waals surface area contributed by atoms with E-state index in [-0.39, 0.29) is 23.7 Å². The summed E-state index contributed by atoms with van der Waals surface area (Å²) in [7, 11) is 0. The Hall–Kier alpha value is -1.06. The number of amides is 1. The van der Waals surface area contributed by atoms with E-state index in [2.05, 4.69) is 10.6 Å². The van der Waals surface area contributed by atoms with Gasteiger partial charge < -0.3 is 10.6 Å². The maximum absolute atomic E-state index is 12.1. The van der Waals surface area contributed by atoms with E-state index in [0.29, 0.717) is 0 Å². The van der Waals surface area contributed by atoms with Crippen LogP contribution in [0.25, 0.3) is 0 Å². The van der Waals surface area contributed by atoms with Crippen molar-refractivity contribution in [2.75, 3.05) is 18.4 Å². The van der Waals surface area contributed by atoms with Gasteiger partial charge in [-0.3, -0.25) is 4.79 Å². The van der Waals surface area contributed by atoms with Gasteiger partial charge in [-0.25, -0.2) is 0 Å². The summed E-state index contributed by atoms with van der Waals surface area (Å²) in [6.07, 6.45) is 2.03. The number of anilines is 1. The van der Waals surface area contributed by atoms with E-state index in [9.17, 15) is 4.79 Å². The molecule has 1 amide bonds. The summed E-state index contributed by atoms with van der Waals surface area (Å²) >= 11 is 0. The van der Waals surface area contributed by atoms with Crippen molar-refractivity contribution >= 4 is 24.0 Å². The zero-order chi connectivity index (χ0) is 11.4. The number of rotatable bonds is 2. The summed E-state index contributed by atoms with van der Waals surface area (Å²) in [5.74, 6) is 0.117. The number of halogens is 1. The molecule has 1 heterocycles. The van der Waals surface area contributed by atoms with E-state index in [1.54, 1.807) is 0 Å². The molecule has 2 rings (SSSR count). The summed E-state index contributed by atoms with van der Waals surface area (Å²) in [4.78, 5) is 12.1. The third-order valence-electron chi connectivity index (χ3n) is 3.18. The van der Waals surface area contributed by atoms with Gasteiger partial charge in [0.1, 0.15) is 0 Å². The third kappa shape index (κ3) is 3.45. The second-order valence-corrected chi connectivity index (χ2v) is 4.66. The van der Waals surface area contributed by atoms with Crippen LogP contribution in [0.5, 0.6) is 0 Å². The highest BCUT2D eigenvalue weighted by Crippen LogP contribution is 2.27. The van der Waals surface area contributed by atoms with Crippen molar-refractivity contribution in [1.29, 1.82) is 0 Å². The predicted molar refractivity (Wildman–Crippen MR) is 72.5 cm³/mol. The van der Waals surface area contributed by atoms with E-state index < -0.39 is 0 Å². The lowest BCUT2D eigenvalue weighted by molar-refractivity contribution is -0.125. The Labute approximate surface area is 108 Å². The zero-order valence-electron chi connectivity index (χ0n) is 10.0. The molecule has 17 heavy (non-hydrogen) atoms. The lowest BCUT2D eigenvalue weighted by atomic mass is 9.82. The van der Waals surface area contributed by atoms with Gasteiger partial charge in [0.15, 0.2) is 0 Å². The van der Waals surface area contributed by atoms with Crippen LogP contribution >= 0.6 is 12.4 Å². The predicted octanol–water partition coefficient (Wildman–Crippen LogP) is 2.44. The number of hydrogen-bond acceptors (Lipinski definition) is 2. The Bertz CT molecular complexity index is 361. The van der Waals surface area contributed by atoms with Crippen LogP contribution in [0.2, 0.25) is 0 Å². The normalized spacial score (nSPS) is 23.6. The molecule has 1 saturated heterocycles. The number of para-hydroxylation sites is 1. The molecule has 0 aromatic heterocycles. The van der Waals surface area contributed by atoms with E-state index in [1.165, 1.54) is 0 Å². The minimum atomic E-state index is -0.270. The molecule has 2 N–H and O–H groups in total. The summed E-state index contributed by atoms with van der Waals surface area (Å²) < 4.78 is 0. The van der Waals surface area contributed by atoms with Gasteiger partial charge >= 0.3 is 0 Å². The molecule has 1 atom stereocenters. The maximum Gasteiger partial charge on any atom is 0.231 e. The molecular weight excluding hydrogens is 236 g/mol. The summed E-state index contributed by atoms with van der Waals surface area (Å²) in [5.41, 5.74) is 0.605. The van der Waals surface area contributed by atoms with Gasteiger partial charge in [0, 0.05) is 12.2 Å². The van der Waals surface area contributed by atoms with Crippen LogP contribution in [0.1, 0.15) is 19.8 Å². The minimum absolute atomic E-state index is 0. The van der Waals surface area contributed by atoms with E-state index >= 15 is 0 Å². The van der Waals surface area contributed by atoms with Gasteiger partial charge in [-0.05, 0) is 38.4 Å². The number of hydrogen-bond donors (Lipinski definition) is 2. The second-order valence-electron chi connectivity index (χ2n) is 4.66. The van der Waals surface area contributed by atoms with Gasteiger partial charge in [-0.1, -0.05) is 18.2 Å². The minimum Gasteiger partial charge on any atom is -0.326 e. The zero-order valence-corrected chi connectivity index (χ0v) is 10.8. The second kappa shape index (κ2) is 6.03. The highest BCUT2D eigenvalue weighted by Gasteiger charge is 2.34. The molecule has 0 spiro atoms. The molecule has 3 nitrogen and oxygen atoms in total. The average molecular weight is 255 g/mol. The van der Waals surface area contributed by atoms with Gasteiger partial charge in [0.25, 0.3) is 0 Å². The summed E-state index contributed by atoms with van der Waals surface area (Å²) in [6.45, 7) is 3.82. The van der Waals surface area contributed by atoms with E-state index in [4.69, 9.17) is 0 Å². The monoisotopic (exact) mass is 254 g/mol. The first-order valence-corrected chi connectivity index (χ1v) is 5.78. The Kier molecular flexibility index (Phi) is 4.97. The van der Waals surface area contributed by atoms with Crippen LogP contribution in [-0.4, -0.2) is 19.0 Å². The first-order valence-electron chi connectivity index (χ1n) is 5.78. The number of carbonyl (C=O) groups is 1. The summed E-state index contributed by atoms with van der Waals surface area (Å²) in [5, 5.41) is 6.25. The van der Waals surface area contributed by atoms with Crippen molar-refractivity contribution in [3.8, 4) is 0 Å². The van der Waals surface area contributed by atoms with Gasteiger partial charge in [0.2, 0.25) is 5.91 Å². The molecule has 0 radical (unpaired) electrons. The largest absolute Gasteiger partial charge is 0.326 e. The molecule has 0 bridgehead atoms. The number of nitrogens with one attached hydrogen (secondary N) is 2. The van der Waals surface area contributed by atoms with Crippen LogP contribution in [-0.2, 0) is 4.79 Å². The van der Waals surface area contributed by atoms with Gasteiger partial charge in [-0.2, -0.15) is 0 Å². The van der Waals surface area contributed by atoms with Crippen molar-refractivity contribution in [2.24, 2.45) is 5.41 Å². The first kappa shape index (κ1) is 14.0. The topological polar surface area (TPSA) is 41.1 Å². The molecule has 1 fully saturated rings. The van der Waals surface area contributed by atoms with Crippen molar-refractivity contribution < 1.29 is 4.79 Å². The Balaban J connectivity index is 0.00000144. The van der Waals surface area contributed by atoms with Crippen LogP contribution in [0, 0.1) is 5.41 Å². The fourth-order valence-corrected chi connectivity index (χ4v) is 2.05. The maximum atomic E-state index is 12.1. The van der Waals surface area contributed by atoms with Crippen molar-refractivity contribution in [3.05, 3.63) is 30.3 Å². The molecular formula is C13H19ClN2O. The average Bonchev–Trinajstić information content (AvgIpc) is 2.31. The molecule has 4 heteroatoms. The molecule has 1 aromatic carbocycles. The van der Waals surface area contributed by atoms with Gasteiger partial charge in [0.05, 0.1) is 5.41 Å². The van der Waals surface area contributed by atoms with Crippen molar-refractivity contribution in [1.82, 2.24) is 5.32 Å². The molecule has 1 aliphatic heterocycles. The number of carbonyl (C=O) groups excluding carboxylic acids is 1. The molecule has 94 valence electrons. The quantitative estimate of drug-likeness (QED) is 0.851. The van der Waals surface area contributed by atoms with Crippen molar-refractivity contribution in [3.63, 3.8) is 0 Å². The lowest BCUT2D eigenvalue weighted by Gasteiger charge is -2.32. The van der Waals surface area contributed by atoms with Crippen LogP contribution in [0.4, 0.5) is 5.69 Å². The first-order chi connectivity index (χ1) is 7.71. The smallest absolute Gasteiger partial charge is 0.231 e. The van der Waals surface area contributed by atoms with Crippen molar-refractivity contribution in [2.45, 2.75) is 19.8 Å². The fraction of sp³-hybridized carbons (Fsp3) is 0.462. The highest BCUT2D eigenvalue weighted by molar-refractivity contribution is 5.95. The standard InChI is InChI=1S/C13H18N2O.ClH/c1-13(8-5-9-14-10-13)12(16)15-11-6-3-2-4-7-11;/h2-4,6-7,14H,5,8-10H2,1H3,(H,15,16);1H. The Morgan fingerprint density at radius 3 is 2.65 bits per heavy atom. The lowest BCUT2D eigenvalue weighted by Crippen LogP contribution is -2.46. The Morgan fingerprint density at radius 1 is 1.35 bits per heavy atom. The Morgan fingerprint density at radius 2 is 2.06 bits per heavy atom. The van der Waals surface area contributed by atoms with Crippen LogP contribution < -0.4 is 10.6 Å². The van der Waals surface area contributed by atoms with Crippen LogP contribution in [0.3, 0.4) is 0 Å². The van der Waals surface area contributed by atoms with Gasteiger partial charge in [-0.15, -0.1) is 12.4 Å². The highest BCUT2D eigenvalue weighted by atomic mass is 35.5. The molecule has 0 saturated carbocycles. The SMILES string of the molecule is CC1(C(=O)Nc2ccccc2)CCCNC1.Cl. The number of benzene rings is 1. The fourth-order valence-electron chi connectivity index (χ4n) is 2.05. The van der Waals surface area contributed by atoms with Crippen LogP contribution in [0.15, 0.2) is 30.3 Å². The molecule has 0 aliphatic carbocycles. The number of piperidine rings is 1. The summed E-state index contributed by atoms with van der Waals surface area (Å²) in [6, 6.07) is 9.63. The molecule has 1 aliphatic rings.